The van der Waals surface area contributed by atoms with Crippen LogP contribution in [0.2, 0.25) is 0 Å². The molecule has 0 aliphatic heterocycles. The molecule has 41 heavy (non-hydrogen) atoms. The number of carbonyl (C=O) groups excluding carboxylic acids is 4. The molecule has 0 aliphatic carbocycles. The number of imide groups is 1. The molecule has 2 atom stereocenters. The van der Waals surface area contributed by atoms with Gasteiger partial charge in [-0.2, -0.15) is 0 Å². The Labute approximate surface area is 244 Å². The minimum absolute atomic E-state index is 0.0342. The molecular formula is C29H37N5O6S. The number of aromatic nitrogens is 1. The van der Waals surface area contributed by atoms with Crippen LogP contribution in [0.3, 0.4) is 0 Å². The Morgan fingerprint density at radius 1 is 1.02 bits per heavy atom. The zero-order chi connectivity index (χ0) is 30.5. The molecule has 0 radical (unpaired) electrons. The molecule has 3 rings (SSSR count). The number of ether oxygens (including phenoxy) is 2. The lowest BCUT2D eigenvalue weighted by molar-refractivity contribution is -0.127. The largest absolute Gasteiger partial charge is 0.497 e. The van der Waals surface area contributed by atoms with E-state index in [1.807, 2.05) is 57.1 Å². The van der Waals surface area contributed by atoms with Crippen molar-refractivity contribution < 1.29 is 28.7 Å². The molecule has 0 spiro atoms. The third kappa shape index (κ3) is 9.04. The van der Waals surface area contributed by atoms with Crippen LogP contribution < -0.4 is 20.3 Å². The first-order valence-electron chi connectivity index (χ1n) is 13.0. The summed E-state index contributed by atoms with van der Waals surface area (Å²) in [5.41, 5.74) is 2.51. The van der Waals surface area contributed by atoms with Crippen molar-refractivity contribution >= 4 is 46.5 Å². The van der Waals surface area contributed by atoms with E-state index in [-0.39, 0.29) is 17.2 Å². The highest BCUT2D eigenvalue weighted by molar-refractivity contribution is 7.14. The fraction of sp³-hybridized carbons (Fsp3) is 0.345. The van der Waals surface area contributed by atoms with Crippen LogP contribution in [-0.2, 0) is 20.7 Å². The molecule has 11 nitrogen and oxygen atoms in total. The number of nitrogens with one attached hydrogen (secondary N) is 2. The first kappa shape index (κ1) is 32.8. The summed E-state index contributed by atoms with van der Waals surface area (Å²) in [6.07, 6.45) is 0.383. The lowest BCUT2D eigenvalue weighted by Gasteiger charge is -2.27. The molecule has 0 fully saturated rings. The maximum atomic E-state index is 13.4. The third-order valence-electron chi connectivity index (χ3n) is 5.95. The van der Waals surface area contributed by atoms with E-state index < -0.39 is 30.0 Å². The van der Waals surface area contributed by atoms with Crippen LogP contribution >= 0.6 is 11.3 Å². The Balaban J connectivity index is 0.00000287. The van der Waals surface area contributed by atoms with Crippen LogP contribution in [0.25, 0.3) is 0 Å². The first-order chi connectivity index (χ1) is 19.7. The van der Waals surface area contributed by atoms with Crippen molar-refractivity contribution in [1.82, 2.24) is 15.2 Å². The molecule has 12 heteroatoms. The lowest BCUT2D eigenvalue weighted by atomic mass is 10.0. The Morgan fingerprint density at radius 3 is 2.20 bits per heavy atom. The number of hydrogen-bond acceptors (Lipinski definition) is 9. The summed E-state index contributed by atoms with van der Waals surface area (Å²) in [7, 11) is 6.60. The van der Waals surface area contributed by atoms with Crippen LogP contribution in [0.15, 0.2) is 53.9 Å². The van der Waals surface area contributed by atoms with E-state index in [0.717, 1.165) is 33.1 Å². The highest BCUT2D eigenvalue weighted by Crippen LogP contribution is 2.21. The number of benzene rings is 2. The Kier molecular flexibility index (Phi) is 12.8. The van der Waals surface area contributed by atoms with Gasteiger partial charge in [-0.1, -0.05) is 38.1 Å². The SMILES string of the molecule is CC.COC(=O)c1csc(NC(=O)C(Cc2ccc(N(C)C)cc2)N(C=O)C(=O)N[C@@H](C)c2ccc(OC)cc2)n1. The molecule has 2 aromatic carbocycles. The van der Waals surface area contributed by atoms with Crippen molar-refractivity contribution in [3.05, 3.63) is 70.7 Å². The molecule has 1 aromatic heterocycles. The number of hydrogen-bond donors (Lipinski definition) is 2. The molecule has 1 unspecified atom stereocenters. The molecule has 0 bridgehead atoms. The van der Waals surface area contributed by atoms with Gasteiger partial charge in [0.25, 0.3) is 0 Å². The predicted molar refractivity (Wildman–Crippen MR) is 160 cm³/mol. The number of amides is 4. The zero-order valence-corrected chi connectivity index (χ0v) is 25.2. The summed E-state index contributed by atoms with van der Waals surface area (Å²) in [5.74, 6) is -0.621. The van der Waals surface area contributed by atoms with Crippen molar-refractivity contribution in [2.45, 2.75) is 39.3 Å². The molecule has 2 N–H and O–H groups in total. The quantitative estimate of drug-likeness (QED) is 0.249. The highest BCUT2D eigenvalue weighted by Gasteiger charge is 2.32. The van der Waals surface area contributed by atoms with Gasteiger partial charge in [-0.05, 0) is 42.3 Å². The first-order valence-corrected chi connectivity index (χ1v) is 13.8. The summed E-state index contributed by atoms with van der Waals surface area (Å²) in [6, 6.07) is 12.1. The number of methoxy groups -OCH3 is 2. The minimum Gasteiger partial charge on any atom is -0.497 e. The van der Waals surface area contributed by atoms with E-state index in [1.54, 1.807) is 38.3 Å². The van der Waals surface area contributed by atoms with Gasteiger partial charge in [0.05, 0.1) is 20.3 Å². The second kappa shape index (κ2) is 16.0. The maximum Gasteiger partial charge on any atom is 0.357 e. The van der Waals surface area contributed by atoms with Crippen LogP contribution in [0.5, 0.6) is 5.75 Å². The Hall–Kier alpha value is -4.45. The zero-order valence-electron chi connectivity index (χ0n) is 24.3. The number of anilines is 2. The van der Waals surface area contributed by atoms with Gasteiger partial charge >= 0.3 is 12.0 Å². The van der Waals surface area contributed by atoms with E-state index in [9.17, 15) is 19.2 Å². The van der Waals surface area contributed by atoms with Crippen molar-refractivity contribution in [2.75, 3.05) is 38.5 Å². The summed E-state index contributed by atoms with van der Waals surface area (Å²) in [4.78, 5) is 57.4. The number of thiazole rings is 1. The Morgan fingerprint density at radius 2 is 1.66 bits per heavy atom. The third-order valence-corrected chi connectivity index (χ3v) is 6.71. The average Bonchev–Trinajstić information content (AvgIpc) is 3.46. The van der Waals surface area contributed by atoms with Gasteiger partial charge in [0.1, 0.15) is 11.8 Å². The maximum absolute atomic E-state index is 13.4. The standard InChI is InChI=1S/C27H31N5O6S.C2H6/c1-17(19-8-12-21(37-4)13-9-19)28-27(36)32(16-33)23(14-18-6-10-20(11-7-18)31(2)3)24(34)30-26-29-22(15-39-26)25(35)38-5;1-2/h6-13,15-17,23H,14H2,1-5H3,(H,28,36)(H,29,30,34);1-2H3/t17-,23?;/m0./s1. The number of urea groups is 1. The van der Waals surface area contributed by atoms with Crippen molar-refractivity contribution in [3.63, 3.8) is 0 Å². The summed E-state index contributed by atoms with van der Waals surface area (Å²) < 4.78 is 9.83. The van der Waals surface area contributed by atoms with Gasteiger partial charge in [-0.15, -0.1) is 11.3 Å². The van der Waals surface area contributed by atoms with Gasteiger partial charge in [0.2, 0.25) is 12.3 Å². The molecular weight excluding hydrogens is 546 g/mol. The van der Waals surface area contributed by atoms with Gasteiger partial charge in [-0.25, -0.2) is 14.6 Å². The summed E-state index contributed by atoms with van der Waals surface area (Å²) in [5, 5.41) is 6.96. The molecule has 1 heterocycles. The van der Waals surface area contributed by atoms with E-state index in [4.69, 9.17) is 4.74 Å². The Bertz CT molecular complexity index is 1290. The topological polar surface area (TPSA) is 130 Å². The monoisotopic (exact) mass is 583 g/mol. The fourth-order valence-corrected chi connectivity index (χ4v) is 4.37. The lowest BCUT2D eigenvalue weighted by Crippen LogP contribution is -2.52. The molecule has 220 valence electrons. The average molecular weight is 584 g/mol. The van der Waals surface area contributed by atoms with Crippen LogP contribution in [0.1, 0.15) is 48.4 Å². The van der Waals surface area contributed by atoms with Crippen molar-refractivity contribution in [3.8, 4) is 5.75 Å². The summed E-state index contributed by atoms with van der Waals surface area (Å²) >= 11 is 1.02. The molecule has 4 amide bonds. The van der Waals surface area contributed by atoms with Crippen molar-refractivity contribution in [2.24, 2.45) is 0 Å². The fourth-order valence-electron chi connectivity index (χ4n) is 3.69. The van der Waals surface area contributed by atoms with Crippen LogP contribution in [0.4, 0.5) is 15.6 Å². The number of carbonyl (C=O) groups is 4. The van der Waals surface area contributed by atoms with Gasteiger partial charge in [-0.3, -0.25) is 14.5 Å². The predicted octanol–water partition coefficient (Wildman–Crippen LogP) is 4.51. The minimum atomic E-state index is -1.21. The van der Waals surface area contributed by atoms with Gasteiger partial charge in [0.15, 0.2) is 10.8 Å². The molecule has 0 saturated carbocycles. The van der Waals surface area contributed by atoms with Gasteiger partial charge < -0.3 is 25.0 Å². The van der Waals surface area contributed by atoms with Gasteiger partial charge in [0, 0.05) is 31.6 Å². The second-order valence-electron chi connectivity index (χ2n) is 8.76. The number of nitrogens with zero attached hydrogens (tertiary/aromatic N) is 3. The molecule has 0 saturated heterocycles. The van der Waals surface area contributed by atoms with Crippen molar-refractivity contribution in [1.29, 1.82) is 0 Å². The number of esters is 1. The normalized spacial score (nSPS) is 11.6. The van der Waals surface area contributed by atoms with E-state index >= 15 is 0 Å². The smallest absolute Gasteiger partial charge is 0.357 e. The second-order valence-corrected chi connectivity index (χ2v) is 9.61. The van der Waals surface area contributed by atoms with Crippen LogP contribution in [0, 0.1) is 0 Å². The summed E-state index contributed by atoms with van der Waals surface area (Å²) in [6.45, 7) is 5.77. The van der Waals surface area contributed by atoms with E-state index in [2.05, 4.69) is 20.4 Å². The van der Waals surface area contributed by atoms with E-state index in [0.29, 0.717) is 12.2 Å². The number of rotatable bonds is 11. The molecule has 0 aliphatic rings. The van der Waals surface area contributed by atoms with E-state index in [1.165, 1.54) is 12.5 Å². The van der Waals surface area contributed by atoms with Crippen LogP contribution in [-0.4, -0.2) is 68.6 Å². The highest BCUT2D eigenvalue weighted by atomic mass is 32.1. The molecule has 3 aromatic rings.